The number of likely N-dealkylation sites (tertiary alicyclic amines) is 1. The van der Waals surface area contributed by atoms with E-state index >= 15 is 0 Å². The number of amides is 1. The van der Waals surface area contributed by atoms with Gasteiger partial charge in [0.1, 0.15) is 5.75 Å². The Balaban J connectivity index is 1.67. The second kappa shape index (κ2) is 6.81. The topological polar surface area (TPSA) is 51.1 Å². The van der Waals surface area contributed by atoms with Crippen LogP contribution in [0, 0.1) is 0 Å². The number of para-hydroxylation sites is 1. The van der Waals surface area contributed by atoms with Gasteiger partial charge in [0.05, 0.1) is 12.8 Å². The molecule has 1 aromatic carbocycles. The lowest BCUT2D eigenvalue weighted by atomic mass is 10.0. The molecule has 5 heteroatoms. The van der Waals surface area contributed by atoms with Crippen LogP contribution in [-0.2, 0) is 9.63 Å². The molecule has 1 unspecified atom stereocenters. The molecule has 0 N–H and O–H groups in total. The van der Waals surface area contributed by atoms with E-state index in [0.717, 1.165) is 43.0 Å². The Morgan fingerprint density at radius 3 is 2.68 bits per heavy atom. The number of rotatable bonds is 3. The Labute approximate surface area is 130 Å². The highest BCUT2D eigenvalue weighted by Crippen LogP contribution is 2.25. The van der Waals surface area contributed by atoms with E-state index in [-0.39, 0.29) is 5.91 Å². The van der Waals surface area contributed by atoms with Gasteiger partial charge in [-0.05, 0) is 25.0 Å². The number of hydrogen-bond donors (Lipinski definition) is 0. The standard InChI is InChI=1S/C17H22N2O3/c1-21-15-9-5-4-8-13(15)14-12-16(22-18-14)17(20)19-10-6-2-3-7-11-19/h4-5,8-9,16H,2-3,6-7,10-12H2,1H3. The molecule has 3 rings (SSSR count). The molecule has 0 saturated carbocycles. The SMILES string of the molecule is COc1ccccc1C1=NOC(C(=O)N2CCCCCC2)C1. The van der Waals surface area contributed by atoms with E-state index in [2.05, 4.69) is 5.16 Å². The molecule has 1 amide bonds. The predicted molar refractivity (Wildman–Crippen MR) is 84.1 cm³/mol. The van der Waals surface area contributed by atoms with Crippen molar-refractivity contribution in [2.75, 3.05) is 20.2 Å². The van der Waals surface area contributed by atoms with Gasteiger partial charge in [-0.1, -0.05) is 30.1 Å². The molecule has 2 heterocycles. The zero-order valence-corrected chi connectivity index (χ0v) is 13.0. The molecule has 22 heavy (non-hydrogen) atoms. The van der Waals surface area contributed by atoms with Crippen LogP contribution in [0.15, 0.2) is 29.4 Å². The summed E-state index contributed by atoms with van der Waals surface area (Å²) in [7, 11) is 1.63. The van der Waals surface area contributed by atoms with Crippen LogP contribution in [0.25, 0.3) is 0 Å². The molecular formula is C17H22N2O3. The molecule has 0 aromatic heterocycles. The molecule has 2 aliphatic rings. The molecule has 1 fully saturated rings. The van der Waals surface area contributed by atoms with Crippen LogP contribution in [0.2, 0.25) is 0 Å². The molecule has 1 saturated heterocycles. The van der Waals surface area contributed by atoms with E-state index in [9.17, 15) is 4.79 Å². The Morgan fingerprint density at radius 1 is 1.23 bits per heavy atom. The predicted octanol–water partition coefficient (Wildman–Crippen LogP) is 2.59. The fraction of sp³-hybridized carbons (Fsp3) is 0.529. The first-order chi connectivity index (χ1) is 10.8. The zero-order chi connectivity index (χ0) is 15.4. The summed E-state index contributed by atoms with van der Waals surface area (Å²) in [6, 6.07) is 7.69. The van der Waals surface area contributed by atoms with Crippen molar-refractivity contribution in [1.29, 1.82) is 0 Å². The number of oxime groups is 1. The van der Waals surface area contributed by atoms with Crippen LogP contribution in [0.5, 0.6) is 5.75 Å². The number of benzene rings is 1. The molecule has 118 valence electrons. The number of ether oxygens (including phenoxy) is 1. The largest absolute Gasteiger partial charge is 0.496 e. The van der Waals surface area contributed by atoms with Crippen molar-refractivity contribution in [1.82, 2.24) is 4.90 Å². The molecule has 0 spiro atoms. The van der Waals surface area contributed by atoms with Crippen molar-refractivity contribution < 1.29 is 14.4 Å². The van der Waals surface area contributed by atoms with E-state index in [0.29, 0.717) is 6.42 Å². The average Bonchev–Trinajstić information content (AvgIpc) is 2.89. The van der Waals surface area contributed by atoms with Crippen molar-refractivity contribution in [3.63, 3.8) is 0 Å². The number of carbonyl (C=O) groups excluding carboxylic acids is 1. The summed E-state index contributed by atoms with van der Waals surface area (Å²) in [4.78, 5) is 19.9. The molecule has 0 bridgehead atoms. The van der Waals surface area contributed by atoms with Gasteiger partial charge in [-0.15, -0.1) is 0 Å². The fourth-order valence-electron chi connectivity index (χ4n) is 3.05. The molecule has 5 nitrogen and oxygen atoms in total. The van der Waals surface area contributed by atoms with Crippen LogP contribution in [-0.4, -0.2) is 42.8 Å². The third-order valence-corrected chi connectivity index (χ3v) is 4.28. The molecular weight excluding hydrogens is 280 g/mol. The first-order valence-corrected chi connectivity index (χ1v) is 7.94. The lowest BCUT2D eigenvalue weighted by molar-refractivity contribution is -0.142. The average molecular weight is 302 g/mol. The van der Waals surface area contributed by atoms with Gasteiger partial charge in [-0.3, -0.25) is 4.79 Å². The summed E-state index contributed by atoms with van der Waals surface area (Å²) in [5, 5.41) is 4.12. The van der Waals surface area contributed by atoms with Gasteiger partial charge < -0.3 is 14.5 Å². The Bertz CT molecular complexity index is 563. The second-order valence-electron chi connectivity index (χ2n) is 5.78. The molecule has 0 radical (unpaired) electrons. The summed E-state index contributed by atoms with van der Waals surface area (Å²) >= 11 is 0. The minimum atomic E-state index is -0.488. The Morgan fingerprint density at radius 2 is 1.95 bits per heavy atom. The van der Waals surface area contributed by atoms with Crippen LogP contribution in [0.3, 0.4) is 0 Å². The number of carbonyl (C=O) groups is 1. The van der Waals surface area contributed by atoms with Crippen LogP contribution < -0.4 is 4.74 Å². The van der Waals surface area contributed by atoms with Crippen molar-refractivity contribution in [2.45, 2.75) is 38.2 Å². The second-order valence-corrected chi connectivity index (χ2v) is 5.78. The summed E-state index contributed by atoms with van der Waals surface area (Å²) in [6.07, 6.45) is 4.60. The van der Waals surface area contributed by atoms with E-state index in [1.165, 1.54) is 12.8 Å². The highest BCUT2D eigenvalue weighted by atomic mass is 16.6. The number of methoxy groups -OCH3 is 1. The molecule has 2 aliphatic heterocycles. The van der Waals surface area contributed by atoms with Crippen molar-refractivity contribution in [2.24, 2.45) is 5.16 Å². The monoisotopic (exact) mass is 302 g/mol. The van der Waals surface area contributed by atoms with Gasteiger partial charge in [0.15, 0.2) is 0 Å². The van der Waals surface area contributed by atoms with E-state index in [1.807, 2.05) is 29.2 Å². The Kier molecular flexibility index (Phi) is 4.61. The maximum Gasteiger partial charge on any atom is 0.266 e. The summed E-state index contributed by atoms with van der Waals surface area (Å²) in [5.41, 5.74) is 1.68. The quantitative estimate of drug-likeness (QED) is 0.862. The van der Waals surface area contributed by atoms with Crippen LogP contribution in [0.1, 0.15) is 37.7 Å². The fourth-order valence-corrected chi connectivity index (χ4v) is 3.05. The minimum absolute atomic E-state index is 0.0653. The van der Waals surface area contributed by atoms with Gasteiger partial charge in [-0.2, -0.15) is 0 Å². The van der Waals surface area contributed by atoms with Crippen molar-refractivity contribution in [3.05, 3.63) is 29.8 Å². The maximum absolute atomic E-state index is 12.6. The molecule has 1 aromatic rings. The van der Waals surface area contributed by atoms with Crippen molar-refractivity contribution in [3.8, 4) is 5.75 Å². The van der Waals surface area contributed by atoms with Gasteiger partial charge in [0.25, 0.3) is 5.91 Å². The minimum Gasteiger partial charge on any atom is -0.496 e. The smallest absolute Gasteiger partial charge is 0.266 e. The summed E-state index contributed by atoms with van der Waals surface area (Å²) in [5.74, 6) is 0.822. The van der Waals surface area contributed by atoms with Gasteiger partial charge in [0.2, 0.25) is 6.10 Å². The van der Waals surface area contributed by atoms with Crippen molar-refractivity contribution >= 4 is 11.6 Å². The number of nitrogens with zero attached hydrogens (tertiary/aromatic N) is 2. The van der Waals surface area contributed by atoms with Gasteiger partial charge in [0, 0.05) is 25.1 Å². The zero-order valence-electron chi connectivity index (χ0n) is 13.0. The molecule has 0 aliphatic carbocycles. The third kappa shape index (κ3) is 3.08. The first kappa shape index (κ1) is 14.9. The number of hydrogen-bond acceptors (Lipinski definition) is 4. The van der Waals surface area contributed by atoms with Gasteiger partial charge >= 0.3 is 0 Å². The van der Waals surface area contributed by atoms with E-state index in [1.54, 1.807) is 7.11 Å². The lowest BCUT2D eigenvalue weighted by Gasteiger charge is -2.22. The summed E-state index contributed by atoms with van der Waals surface area (Å²) in [6.45, 7) is 1.67. The highest BCUT2D eigenvalue weighted by Gasteiger charge is 2.33. The van der Waals surface area contributed by atoms with E-state index in [4.69, 9.17) is 9.57 Å². The third-order valence-electron chi connectivity index (χ3n) is 4.28. The normalized spacial score (nSPS) is 21.8. The van der Waals surface area contributed by atoms with Crippen LogP contribution in [0.4, 0.5) is 0 Å². The highest BCUT2D eigenvalue weighted by molar-refractivity contribution is 6.05. The summed E-state index contributed by atoms with van der Waals surface area (Å²) < 4.78 is 5.35. The van der Waals surface area contributed by atoms with Gasteiger partial charge in [-0.25, -0.2) is 0 Å². The first-order valence-electron chi connectivity index (χ1n) is 7.94. The maximum atomic E-state index is 12.6. The van der Waals surface area contributed by atoms with E-state index < -0.39 is 6.10 Å². The van der Waals surface area contributed by atoms with Crippen LogP contribution >= 0.6 is 0 Å². The Hall–Kier alpha value is -2.04. The molecule has 1 atom stereocenters. The lowest BCUT2D eigenvalue weighted by Crippen LogP contribution is -2.39.